The zero-order chi connectivity index (χ0) is 17.1. The highest BCUT2D eigenvalue weighted by Gasteiger charge is 2.21. The minimum atomic E-state index is -0.432. The third-order valence-electron chi connectivity index (χ3n) is 3.47. The number of nitrogens with zero attached hydrogens (tertiary/aromatic N) is 2. The first-order chi connectivity index (χ1) is 11.6. The van der Waals surface area contributed by atoms with E-state index in [1.54, 1.807) is 0 Å². The van der Waals surface area contributed by atoms with Gasteiger partial charge >= 0.3 is 5.68 Å². The molecule has 24 heavy (non-hydrogen) atoms. The molecule has 120 valence electrons. The van der Waals surface area contributed by atoms with Crippen molar-refractivity contribution in [3.63, 3.8) is 0 Å². The summed E-state index contributed by atoms with van der Waals surface area (Å²) in [6, 6.07) is 18.8. The fourth-order valence-corrected chi connectivity index (χ4v) is 2.52. The van der Waals surface area contributed by atoms with Crippen molar-refractivity contribution in [3.8, 4) is 22.6 Å². The third kappa shape index (κ3) is 2.96. The summed E-state index contributed by atoms with van der Waals surface area (Å²) < 4.78 is 7.15. The maximum atomic E-state index is 12.2. The molecule has 3 aromatic rings. The smallest absolute Gasteiger partial charge is 0.312 e. The molecule has 0 atom stereocenters. The molecule has 5 nitrogen and oxygen atoms in total. The zero-order valence-corrected chi connectivity index (χ0v) is 13.4. The van der Waals surface area contributed by atoms with E-state index in [1.165, 1.54) is 18.4 Å². The Bertz CT molecular complexity index is 951. The fraction of sp³-hybridized carbons (Fsp3) is 0.105. The molecule has 1 heterocycles. The van der Waals surface area contributed by atoms with E-state index >= 15 is 0 Å². The Morgan fingerprint density at radius 1 is 0.875 bits per heavy atom. The Hall–Kier alpha value is -3.21. The lowest BCUT2D eigenvalue weighted by atomic mass is 10.1. The van der Waals surface area contributed by atoms with E-state index in [2.05, 4.69) is 4.99 Å². The molecule has 0 unspecified atom stereocenters. The normalized spacial score (nSPS) is 11.5. The first-order valence-electron chi connectivity index (χ1n) is 7.51. The highest BCUT2D eigenvalue weighted by molar-refractivity contribution is 5.87. The van der Waals surface area contributed by atoms with Crippen LogP contribution >= 0.6 is 0 Å². The quantitative estimate of drug-likeness (QED) is 0.725. The van der Waals surface area contributed by atoms with Gasteiger partial charge < -0.3 is 4.42 Å². The maximum Gasteiger partial charge on any atom is 0.312 e. The Balaban J connectivity index is 2.41. The second kappa shape index (κ2) is 6.50. The van der Waals surface area contributed by atoms with Crippen LogP contribution in [-0.4, -0.2) is 16.4 Å². The van der Waals surface area contributed by atoms with Crippen LogP contribution in [0.5, 0.6) is 0 Å². The number of benzene rings is 2. The van der Waals surface area contributed by atoms with Gasteiger partial charge in [-0.1, -0.05) is 60.7 Å². The molecule has 0 aliphatic heterocycles. The molecule has 0 bridgehead atoms. The second-order valence-corrected chi connectivity index (χ2v) is 5.28. The molecule has 0 saturated heterocycles. The van der Waals surface area contributed by atoms with Gasteiger partial charge in [-0.2, -0.15) is 4.99 Å². The summed E-state index contributed by atoms with van der Waals surface area (Å²) in [7, 11) is 0. The van der Waals surface area contributed by atoms with Crippen LogP contribution in [0.15, 0.2) is 70.1 Å². The Morgan fingerprint density at radius 3 is 1.92 bits per heavy atom. The van der Waals surface area contributed by atoms with Gasteiger partial charge in [0.1, 0.15) is 5.69 Å². The molecule has 0 aliphatic rings. The number of hydrogen-bond acceptors (Lipinski definition) is 3. The van der Waals surface area contributed by atoms with Gasteiger partial charge in [0.2, 0.25) is 11.8 Å². The lowest BCUT2D eigenvalue weighted by Crippen LogP contribution is -2.23. The first-order valence-corrected chi connectivity index (χ1v) is 7.51. The summed E-state index contributed by atoms with van der Waals surface area (Å²) >= 11 is 0. The van der Waals surface area contributed by atoms with Crippen molar-refractivity contribution in [2.75, 3.05) is 0 Å². The van der Waals surface area contributed by atoms with Crippen LogP contribution in [-0.2, 0) is 4.79 Å². The van der Waals surface area contributed by atoms with Gasteiger partial charge in [0.25, 0.3) is 0 Å². The van der Waals surface area contributed by atoms with Crippen molar-refractivity contribution in [1.29, 1.82) is 0 Å². The maximum absolute atomic E-state index is 12.2. The van der Waals surface area contributed by atoms with E-state index in [0.717, 1.165) is 11.1 Å². The lowest BCUT2D eigenvalue weighted by molar-refractivity contribution is -0.116. The monoisotopic (exact) mass is 320 g/mol. The van der Waals surface area contributed by atoms with Gasteiger partial charge in [-0.05, 0) is 0 Å². The van der Waals surface area contributed by atoms with Crippen LogP contribution in [0.1, 0.15) is 18.6 Å². The van der Waals surface area contributed by atoms with Crippen LogP contribution in [0.2, 0.25) is 0 Å². The SMILES string of the molecule is CC(=O)N=c1oc(-c2ccccc2)c(-c2ccccc2)n1C(C)=O. The molecule has 2 aromatic carbocycles. The summed E-state index contributed by atoms with van der Waals surface area (Å²) in [5.41, 5.74) is 2.17. The van der Waals surface area contributed by atoms with E-state index in [-0.39, 0.29) is 11.6 Å². The highest BCUT2D eigenvalue weighted by Crippen LogP contribution is 2.31. The van der Waals surface area contributed by atoms with Gasteiger partial charge in [-0.3, -0.25) is 9.59 Å². The van der Waals surface area contributed by atoms with Crippen LogP contribution in [0.25, 0.3) is 22.6 Å². The molecule has 0 radical (unpaired) electrons. The highest BCUT2D eigenvalue weighted by atomic mass is 16.4. The van der Waals surface area contributed by atoms with E-state index in [0.29, 0.717) is 11.5 Å². The number of carbonyl (C=O) groups is 2. The van der Waals surface area contributed by atoms with Gasteiger partial charge in [0.15, 0.2) is 5.76 Å². The molecule has 0 fully saturated rings. The standard InChI is InChI=1S/C19H16N2O3/c1-13(22)20-19-21(14(2)23)17(15-9-5-3-6-10-15)18(24-19)16-11-7-4-8-12-16/h3-12H,1-2H3. The largest absolute Gasteiger partial charge is 0.422 e. The summed E-state index contributed by atoms with van der Waals surface area (Å²) in [6.45, 7) is 2.73. The zero-order valence-electron chi connectivity index (χ0n) is 13.4. The van der Waals surface area contributed by atoms with Crippen LogP contribution in [0.4, 0.5) is 0 Å². The molecule has 3 rings (SSSR count). The van der Waals surface area contributed by atoms with Crippen molar-refractivity contribution < 1.29 is 14.0 Å². The average Bonchev–Trinajstić information content (AvgIpc) is 2.95. The molecule has 0 saturated carbocycles. The van der Waals surface area contributed by atoms with Gasteiger partial charge in [-0.15, -0.1) is 0 Å². The average molecular weight is 320 g/mol. The van der Waals surface area contributed by atoms with Crippen LogP contribution in [0.3, 0.4) is 0 Å². The van der Waals surface area contributed by atoms with Crippen molar-refractivity contribution in [2.24, 2.45) is 4.99 Å². The number of oxazole rings is 1. The summed E-state index contributed by atoms with van der Waals surface area (Å²) in [5, 5.41) is 0. The van der Waals surface area contributed by atoms with E-state index in [1.807, 2.05) is 60.7 Å². The Labute approximate surface area is 138 Å². The fourth-order valence-electron chi connectivity index (χ4n) is 2.52. The van der Waals surface area contributed by atoms with Crippen molar-refractivity contribution in [2.45, 2.75) is 13.8 Å². The molecule has 0 spiro atoms. The number of amides is 1. The van der Waals surface area contributed by atoms with E-state index in [9.17, 15) is 9.59 Å². The lowest BCUT2D eigenvalue weighted by Gasteiger charge is -2.06. The predicted molar refractivity (Wildman–Crippen MR) is 90.1 cm³/mol. The molecule has 0 N–H and O–H groups in total. The van der Waals surface area contributed by atoms with Crippen molar-refractivity contribution in [1.82, 2.24) is 4.57 Å². The predicted octanol–water partition coefficient (Wildman–Crippen LogP) is 3.52. The molecular weight excluding hydrogens is 304 g/mol. The van der Waals surface area contributed by atoms with Crippen LogP contribution in [0, 0.1) is 0 Å². The summed E-state index contributed by atoms with van der Waals surface area (Å²) in [5.74, 6) is -0.213. The molecule has 0 aliphatic carbocycles. The first kappa shape index (κ1) is 15.7. The minimum Gasteiger partial charge on any atom is -0.422 e. The Morgan fingerprint density at radius 2 is 1.42 bits per heavy atom. The van der Waals surface area contributed by atoms with Crippen LogP contribution < -0.4 is 5.68 Å². The number of aromatic nitrogens is 1. The summed E-state index contributed by atoms with van der Waals surface area (Å²) in [4.78, 5) is 27.5. The van der Waals surface area contributed by atoms with E-state index in [4.69, 9.17) is 4.42 Å². The second-order valence-electron chi connectivity index (χ2n) is 5.28. The number of hydrogen-bond donors (Lipinski definition) is 0. The molecular formula is C19H16N2O3. The van der Waals surface area contributed by atoms with Gasteiger partial charge in [0, 0.05) is 25.0 Å². The molecule has 1 amide bonds. The van der Waals surface area contributed by atoms with E-state index < -0.39 is 5.91 Å². The van der Waals surface area contributed by atoms with Gasteiger partial charge in [0.05, 0.1) is 0 Å². The number of rotatable bonds is 2. The topological polar surface area (TPSA) is 64.6 Å². The number of carbonyl (C=O) groups excluding carboxylic acids is 2. The molecule has 5 heteroatoms. The van der Waals surface area contributed by atoms with Gasteiger partial charge in [-0.25, -0.2) is 4.57 Å². The Kier molecular flexibility index (Phi) is 4.24. The van der Waals surface area contributed by atoms with Crippen molar-refractivity contribution in [3.05, 3.63) is 66.3 Å². The minimum absolute atomic E-state index is 0.0206. The third-order valence-corrected chi connectivity index (χ3v) is 3.47. The van der Waals surface area contributed by atoms with Crippen molar-refractivity contribution >= 4 is 11.8 Å². The summed E-state index contributed by atoms with van der Waals surface area (Å²) in [6.07, 6.45) is 0. The molecule has 1 aromatic heterocycles.